The van der Waals surface area contributed by atoms with Crippen molar-refractivity contribution in [2.24, 2.45) is 0 Å². The van der Waals surface area contributed by atoms with Gasteiger partial charge in [0.05, 0.1) is 6.61 Å². The van der Waals surface area contributed by atoms with Crippen LogP contribution in [-0.4, -0.2) is 35.5 Å². The second kappa shape index (κ2) is 6.96. The average molecular weight is 314 g/mol. The molecule has 5 nitrogen and oxygen atoms in total. The fourth-order valence-electron chi connectivity index (χ4n) is 3.10. The molecule has 0 aliphatic carbocycles. The monoisotopic (exact) mass is 314 g/mol. The molecule has 0 atom stereocenters. The fraction of sp³-hybridized carbons (Fsp3) is 0.444. The number of piperidine rings is 1. The van der Waals surface area contributed by atoms with Crippen LogP contribution in [0.15, 0.2) is 29.2 Å². The van der Waals surface area contributed by atoms with Gasteiger partial charge in [-0.05, 0) is 50.6 Å². The van der Waals surface area contributed by atoms with Gasteiger partial charge in [-0.15, -0.1) is 0 Å². The second-order valence-electron chi connectivity index (χ2n) is 5.97. The molecular formula is C18H22N2O3. The zero-order valence-corrected chi connectivity index (χ0v) is 13.4. The molecule has 1 N–H and O–H groups in total. The van der Waals surface area contributed by atoms with Crippen LogP contribution < -0.4 is 5.43 Å². The van der Waals surface area contributed by atoms with Crippen molar-refractivity contribution in [2.75, 3.05) is 19.7 Å². The Morgan fingerprint density at radius 1 is 1.26 bits per heavy atom. The quantitative estimate of drug-likeness (QED) is 0.881. The molecule has 0 radical (unpaired) electrons. The summed E-state index contributed by atoms with van der Waals surface area (Å²) >= 11 is 0. The van der Waals surface area contributed by atoms with Crippen LogP contribution in [0, 0.1) is 0 Å². The molecule has 1 fully saturated rings. The highest BCUT2D eigenvalue weighted by Crippen LogP contribution is 2.16. The Bertz CT molecular complexity index is 760. The van der Waals surface area contributed by atoms with E-state index in [1.165, 1.54) is 31.0 Å². The number of hydrogen-bond donors (Lipinski definition) is 1. The van der Waals surface area contributed by atoms with E-state index >= 15 is 0 Å². The van der Waals surface area contributed by atoms with Crippen LogP contribution in [0.3, 0.4) is 0 Å². The lowest BCUT2D eigenvalue weighted by Gasteiger charge is -2.26. The van der Waals surface area contributed by atoms with E-state index in [1.54, 1.807) is 13.0 Å². The number of carbonyl (C=O) groups is 1. The minimum atomic E-state index is -0.576. The molecule has 2 heterocycles. The van der Waals surface area contributed by atoms with Gasteiger partial charge >= 0.3 is 5.97 Å². The molecule has 1 saturated heterocycles. The molecule has 1 aliphatic rings. The first-order valence-corrected chi connectivity index (χ1v) is 8.23. The molecule has 122 valence electrons. The first-order chi connectivity index (χ1) is 11.2. The van der Waals surface area contributed by atoms with Crippen LogP contribution in [0.1, 0.15) is 42.1 Å². The summed E-state index contributed by atoms with van der Waals surface area (Å²) < 4.78 is 4.92. The molecule has 0 amide bonds. The fourth-order valence-corrected chi connectivity index (χ4v) is 3.10. The molecule has 1 aromatic carbocycles. The Labute approximate surface area is 135 Å². The third-order valence-electron chi connectivity index (χ3n) is 4.30. The van der Waals surface area contributed by atoms with Crippen molar-refractivity contribution < 1.29 is 9.53 Å². The summed E-state index contributed by atoms with van der Waals surface area (Å²) in [5.41, 5.74) is 1.72. The van der Waals surface area contributed by atoms with Crippen LogP contribution in [0.5, 0.6) is 0 Å². The third-order valence-corrected chi connectivity index (χ3v) is 4.30. The Balaban J connectivity index is 1.87. The Morgan fingerprint density at radius 2 is 2.04 bits per heavy atom. The van der Waals surface area contributed by atoms with Gasteiger partial charge in [-0.2, -0.15) is 0 Å². The van der Waals surface area contributed by atoms with Gasteiger partial charge in [0.2, 0.25) is 5.43 Å². The smallest absolute Gasteiger partial charge is 0.343 e. The Kier molecular flexibility index (Phi) is 4.76. The second-order valence-corrected chi connectivity index (χ2v) is 5.97. The number of likely N-dealkylation sites (tertiary alicyclic amines) is 1. The molecule has 2 aromatic rings. The van der Waals surface area contributed by atoms with Crippen molar-refractivity contribution in [3.63, 3.8) is 0 Å². The van der Waals surface area contributed by atoms with E-state index < -0.39 is 5.97 Å². The number of nitrogens with one attached hydrogen (secondary N) is 1. The van der Waals surface area contributed by atoms with E-state index in [2.05, 4.69) is 9.88 Å². The van der Waals surface area contributed by atoms with Gasteiger partial charge in [0.1, 0.15) is 5.56 Å². The largest absolute Gasteiger partial charge is 0.462 e. The molecule has 1 aromatic heterocycles. The molecule has 0 saturated carbocycles. The summed E-state index contributed by atoms with van der Waals surface area (Å²) in [5, 5.41) is 0.526. The maximum Gasteiger partial charge on any atom is 0.343 e. The Hall–Kier alpha value is -2.14. The molecule has 0 bridgehead atoms. The molecule has 5 heteroatoms. The molecule has 1 aliphatic heterocycles. The highest BCUT2D eigenvalue weighted by molar-refractivity contribution is 5.93. The minimum Gasteiger partial charge on any atom is -0.462 e. The number of nitrogens with zero attached hydrogens (tertiary/aromatic N) is 1. The number of esters is 1. The number of benzene rings is 1. The lowest BCUT2D eigenvalue weighted by Crippen LogP contribution is -2.29. The van der Waals surface area contributed by atoms with Gasteiger partial charge in [-0.1, -0.05) is 12.5 Å². The highest BCUT2D eigenvalue weighted by atomic mass is 16.5. The van der Waals surface area contributed by atoms with Gasteiger partial charge in [-0.25, -0.2) is 4.79 Å². The number of ether oxygens (including phenoxy) is 1. The molecule has 23 heavy (non-hydrogen) atoms. The number of carbonyl (C=O) groups excluding carboxylic acids is 1. The van der Waals surface area contributed by atoms with Crippen molar-refractivity contribution >= 4 is 16.9 Å². The van der Waals surface area contributed by atoms with Gasteiger partial charge in [0.15, 0.2) is 0 Å². The number of pyridine rings is 1. The number of fused-ring (bicyclic) bond motifs is 1. The standard InChI is InChI=1S/C18H22N2O3/c1-2-23-18(22)15-11-19-16-10-13(6-7-14(16)17(15)21)12-20-8-4-3-5-9-20/h6-7,10-11H,2-5,8-9,12H2,1H3,(H,19,21). The highest BCUT2D eigenvalue weighted by Gasteiger charge is 2.15. The normalized spacial score (nSPS) is 15.7. The van der Waals surface area contributed by atoms with Gasteiger partial charge < -0.3 is 9.72 Å². The SMILES string of the molecule is CCOC(=O)c1c[nH]c2cc(CN3CCCCC3)ccc2c1=O. The predicted molar refractivity (Wildman–Crippen MR) is 89.7 cm³/mol. The lowest BCUT2D eigenvalue weighted by atomic mass is 10.1. The van der Waals surface area contributed by atoms with Gasteiger partial charge in [0, 0.05) is 23.6 Å². The number of H-pyrrole nitrogens is 1. The topological polar surface area (TPSA) is 62.4 Å². The van der Waals surface area contributed by atoms with Crippen molar-refractivity contribution in [3.8, 4) is 0 Å². The van der Waals surface area contributed by atoms with Crippen LogP contribution in [-0.2, 0) is 11.3 Å². The average Bonchev–Trinajstić information content (AvgIpc) is 2.56. The van der Waals surface area contributed by atoms with Crippen molar-refractivity contribution in [2.45, 2.75) is 32.7 Å². The van der Waals surface area contributed by atoms with E-state index in [0.29, 0.717) is 5.39 Å². The van der Waals surface area contributed by atoms with Crippen LogP contribution in [0.4, 0.5) is 0 Å². The molecule has 3 rings (SSSR count). The van der Waals surface area contributed by atoms with Crippen LogP contribution in [0.25, 0.3) is 10.9 Å². The van der Waals surface area contributed by atoms with Crippen molar-refractivity contribution in [1.29, 1.82) is 0 Å². The number of aromatic nitrogens is 1. The van der Waals surface area contributed by atoms with E-state index in [-0.39, 0.29) is 17.6 Å². The van der Waals surface area contributed by atoms with E-state index in [9.17, 15) is 9.59 Å². The predicted octanol–water partition coefficient (Wildman–Crippen LogP) is 2.69. The number of rotatable bonds is 4. The molecule has 0 unspecified atom stereocenters. The number of aromatic amines is 1. The zero-order chi connectivity index (χ0) is 16.2. The van der Waals surface area contributed by atoms with Crippen molar-refractivity contribution in [3.05, 3.63) is 45.7 Å². The first kappa shape index (κ1) is 15.7. The van der Waals surface area contributed by atoms with Gasteiger partial charge in [0.25, 0.3) is 0 Å². The first-order valence-electron chi connectivity index (χ1n) is 8.23. The Morgan fingerprint density at radius 3 is 2.78 bits per heavy atom. The summed E-state index contributed by atoms with van der Waals surface area (Å²) in [6, 6.07) is 5.78. The summed E-state index contributed by atoms with van der Waals surface area (Å²) in [5.74, 6) is -0.576. The lowest BCUT2D eigenvalue weighted by molar-refractivity contribution is 0.0524. The minimum absolute atomic E-state index is 0.0585. The maximum absolute atomic E-state index is 12.4. The summed E-state index contributed by atoms with van der Waals surface area (Å²) in [6.07, 6.45) is 5.28. The zero-order valence-electron chi connectivity index (χ0n) is 13.4. The molecular weight excluding hydrogens is 292 g/mol. The molecule has 0 spiro atoms. The van der Waals surface area contributed by atoms with Crippen molar-refractivity contribution in [1.82, 2.24) is 9.88 Å². The van der Waals surface area contributed by atoms with E-state index in [4.69, 9.17) is 4.74 Å². The van der Waals surface area contributed by atoms with Crippen LogP contribution >= 0.6 is 0 Å². The third kappa shape index (κ3) is 3.45. The summed E-state index contributed by atoms with van der Waals surface area (Å²) in [4.78, 5) is 29.7. The van der Waals surface area contributed by atoms with Gasteiger partial charge in [-0.3, -0.25) is 9.69 Å². The maximum atomic E-state index is 12.4. The summed E-state index contributed by atoms with van der Waals surface area (Å²) in [6.45, 7) is 5.15. The van der Waals surface area contributed by atoms with Crippen LogP contribution in [0.2, 0.25) is 0 Å². The summed E-state index contributed by atoms with van der Waals surface area (Å²) in [7, 11) is 0. The van der Waals surface area contributed by atoms with E-state index in [0.717, 1.165) is 25.2 Å². The number of hydrogen-bond acceptors (Lipinski definition) is 4. The van der Waals surface area contributed by atoms with E-state index in [1.807, 2.05) is 12.1 Å².